The summed E-state index contributed by atoms with van der Waals surface area (Å²) in [5.74, 6) is 0.514. The quantitative estimate of drug-likeness (QED) is 0.777. The molecule has 1 fully saturated rings. The maximum absolute atomic E-state index is 11.8. The fraction of sp³-hybridized carbons (Fsp3) is 0.556. The van der Waals surface area contributed by atoms with Gasteiger partial charge in [0.25, 0.3) is 5.91 Å². The number of nitrogens with zero attached hydrogens (tertiary/aromatic N) is 2. The van der Waals surface area contributed by atoms with Crippen molar-refractivity contribution in [2.24, 2.45) is 11.7 Å². The molecule has 5 heteroatoms. The van der Waals surface area contributed by atoms with E-state index in [0.717, 1.165) is 19.5 Å². The zero-order valence-electron chi connectivity index (χ0n) is 7.85. The van der Waals surface area contributed by atoms with Crippen molar-refractivity contribution in [3.05, 3.63) is 16.6 Å². The number of nitrogens with two attached hydrogens (primary N) is 1. The number of aromatic nitrogens is 1. The van der Waals surface area contributed by atoms with Crippen molar-refractivity contribution in [1.29, 1.82) is 0 Å². The zero-order valence-corrected chi connectivity index (χ0v) is 8.67. The normalized spacial score (nSPS) is 21.5. The number of thiazole rings is 1. The molecule has 0 radical (unpaired) electrons. The van der Waals surface area contributed by atoms with Gasteiger partial charge >= 0.3 is 0 Å². The Labute approximate surface area is 86.7 Å². The molecular weight excluding hydrogens is 198 g/mol. The summed E-state index contributed by atoms with van der Waals surface area (Å²) >= 11 is 1.45. The van der Waals surface area contributed by atoms with Crippen molar-refractivity contribution in [2.75, 3.05) is 19.6 Å². The molecule has 76 valence electrons. The van der Waals surface area contributed by atoms with Crippen molar-refractivity contribution >= 4 is 17.2 Å². The minimum atomic E-state index is 0.0437. The molecule has 1 saturated heterocycles. The maximum Gasteiger partial charge on any atom is 0.273 e. The molecule has 1 aliphatic heterocycles. The Morgan fingerprint density at radius 3 is 3.21 bits per heavy atom. The topological polar surface area (TPSA) is 59.2 Å². The molecule has 0 aliphatic carbocycles. The number of rotatable bonds is 2. The van der Waals surface area contributed by atoms with Crippen LogP contribution in [0.15, 0.2) is 10.9 Å². The lowest BCUT2D eigenvalue weighted by molar-refractivity contribution is 0.0782. The van der Waals surface area contributed by atoms with Crippen LogP contribution < -0.4 is 5.73 Å². The van der Waals surface area contributed by atoms with E-state index in [2.05, 4.69) is 4.98 Å². The zero-order chi connectivity index (χ0) is 9.97. The molecule has 1 amide bonds. The molecule has 2 N–H and O–H groups in total. The highest BCUT2D eigenvalue weighted by Crippen LogP contribution is 2.17. The third-order valence-corrected chi connectivity index (χ3v) is 3.14. The predicted octanol–water partition coefficient (Wildman–Crippen LogP) is 0.564. The van der Waals surface area contributed by atoms with Gasteiger partial charge in [-0.05, 0) is 18.9 Å². The molecule has 1 aliphatic rings. The van der Waals surface area contributed by atoms with Crippen LogP contribution in [0.3, 0.4) is 0 Å². The first-order valence-electron chi connectivity index (χ1n) is 4.69. The molecular formula is C9H13N3OS. The number of likely N-dealkylation sites (tertiary alicyclic amines) is 1. The summed E-state index contributed by atoms with van der Waals surface area (Å²) < 4.78 is 0. The van der Waals surface area contributed by atoms with E-state index in [9.17, 15) is 4.79 Å². The minimum Gasteiger partial charge on any atom is -0.337 e. The molecule has 0 aromatic carbocycles. The molecule has 1 unspecified atom stereocenters. The summed E-state index contributed by atoms with van der Waals surface area (Å²) in [6.07, 6.45) is 1.02. The summed E-state index contributed by atoms with van der Waals surface area (Å²) in [6.45, 7) is 2.27. The Hall–Kier alpha value is -0.940. The van der Waals surface area contributed by atoms with Gasteiger partial charge in [0.05, 0.1) is 5.51 Å². The van der Waals surface area contributed by atoms with Crippen molar-refractivity contribution < 1.29 is 4.79 Å². The second-order valence-electron chi connectivity index (χ2n) is 3.52. The summed E-state index contributed by atoms with van der Waals surface area (Å²) in [5, 5.41) is 1.79. The Morgan fingerprint density at radius 2 is 2.64 bits per heavy atom. The van der Waals surface area contributed by atoms with Crippen molar-refractivity contribution in [3.8, 4) is 0 Å². The third kappa shape index (κ3) is 1.78. The Kier molecular flexibility index (Phi) is 2.79. The highest BCUT2D eigenvalue weighted by Gasteiger charge is 2.26. The molecule has 4 nitrogen and oxygen atoms in total. The monoisotopic (exact) mass is 211 g/mol. The fourth-order valence-electron chi connectivity index (χ4n) is 1.69. The van der Waals surface area contributed by atoms with Crippen LogP contribution in [0.5, 0.6) is 0 Å². The van der Waals surface area contributed by atoms with E-state index >= 15 is 0 Å². The molecule has 14 heavy (non-hydrogen) atoms. The van der Waals surface area contributed by atoms with E-state index in [0.29, 0.717) is 18.2 Å². The number of hydrogen-bond acceptors (Lipinski definition) is 4. The Balaban J connectivity index is 2.00. The summed E-state index contributed by atoms with van der Waals surface area (Å²) in [5.41, 5.74) is 7.81. The second kappa shape index (κ2) is 4.06. The van der Waals surface area contributed by atoms with Gasteiger partial charge in [0.15, 0.2) is 0 Å². The molecule has 1 aromatic rings. The number of carbonyl (C=O) groups is 1. The SMILES string of the molecule is NCC1CCN(C(=O)c2cscn2)C1. The third-order valence-electron chi connectivity index (χ3n) is 2.56. The highest BCUT2D eigenvalue weighted by atomic mass is 32.1. The molecule has 2 rings (SSSR count). The first-order valence-corrected chi connectivity index (χ1v) is 5.63. The van der Waals surface area contributed by atoms with Crippen LogP contribution in [0.25, 0.3) is 0 Å². The van der Waals surface area contributed by atoms with Gasteiger partial charge in [-0.25, -0.2) is 4.98 Å². The van der Waals surface area contributed by atoms with E-state index in [1.807, 2.05) is 4.90 Å². The second-order valence-corrected chi connectivity index (χ2v) is 4.23. The number of carbonyl (C=O) groups excluding carboxylic acids is 1. The first kappa shape index (κ1) is 9.61. The standard InChI is InChI=1S/C9H13N3OS/c10-3-7-1-2-12(4-7)9(13)8-5-14-6-11-8/h5-7H,1-4,10H2. The van der Waals surface area contributed by atoms with Gasteiger partial charge in [0, 0.05) is 18.5 Å². The van der Waals surface area contributed by atoms with Crippen LogP contribution in [0, 0.1) is 5.92 Å². The van der Waals surface area contributed by atoms with Gasteiger partial charge in [-0.3, -0.25) is 4.79 Å². The first-order chi connectivity index (χ1) is 6.81. The molecule has 0 bridgehead atoms. The van der Waals surface area contributed by atoms with E-state index in [1.54, 1.807) is 10.9 Å². The smallest absolute Gasteiger partial charge is 0.273 e. The van der Waals surface area contributed by atoms with E-state index < -0.39 is 0 Å². The van der Waals surface area contributed by atoms with Crippen molar-refractivity contribution in [3.63, 3.8) is 0 Å². The van der Waals surface area contributed by atoms with Crippen LogP contribution >= 0.6 is 11.3 Å². The van der Waals surface area contributed by atoms with Crippen LogP contribution in [-0.2, 0) is 0 Å². The number of amides is 1. The largest absolute Gasteiger partial charge is 0.337 e. The maximum atomic E-state index is 11.8. The van der Waals surface area contributed by atoms with Crippen molar-refractivity contribution in [1.82, 2.24) is 9.88 Å². The van der Waals surface area contributed by atoms with Gasteiger partial charge in [-0.15, -0.1) is 11.3 Å². The van der Waals surface area contributed by atoms with Crippen LogP contribution in [-0.4, -0.2) is 35.4 Å². The Morgan fingerprint density at radius 1 is 1.79 bits per heavy atom. The van der Waals surface area contributed by atoms with Gasteiger partial charge < -0.3 is 10.6 Å². The van der Waals surface area contributed by atoms with Gasteiger partial charge in [0.2, 0.25) is 0 Å². The van der Waals surface area contributed by atoms with Gasteiger partial charge in [-0.1, -0.05) is 0 Å². The summed E-state index contributed by atoms with van der Waals surface area (Å²) in [4.78, 5) is 17.6. The molecule has 1 aromatic heterocycles. The molecule has 0 saturated carbocycles. The van der Waals surface area contributed by atoms with E-state index in [4.69, 9.17) is 5.73 Å². The summed E-state index contributed by atoms with van der Waals surface area (Å²) in [7, 11) is 0. The van der Waals surface area contributed by atoms with Crippen LogP contribution in [0.2, 0.25) is 0 Å². The summed E-state index contributed by atoms with van der Waals surface area (Å²) in [6, 6.07) is 0. The van der Waals surface area contributed by atoms with E-state index in [-0.39, 0.29) is 5.91 Å². The van der Waals surface area contributed by atoms with E-state index in [1.165, 1.54) is 11.3 Å². The van der Waals surface area contributed by atoms with Crippen molar-refractivity contribution in [2.45, 2.75) is 6.42 Å². The molecule has 2 heterocycles. The number of hydrogen-bond donors (Lipinski definition) is 1. The van der Waals surface area contributed by atoms with Crippen LogP contribution in [0.1, 0.15) is 16.9 Å². The average molecular weight is 211 g/mol. The Bertz CT molecular complexity index is 312. The predicted molar refractivity (Wildman–Crippen MR) is 55.2 cm³/mol. The van der Waals surface area contributed by atoms with Crippen LogP contribution in [0.4, 0.5) is 0 Å². The lowest BCUT2D eigenvalue weighted by Gasteiger charge is -2.14. The molecule has 0 spiro atoms. The fourth-order valence-corrected chi connectivity index (χ4v) is 2.22. The van der Waals surface area contributed by atoms with Gasteiger partial charge in [0.1, 0.15) is 5.69 Å². The lowest BCUT2D eigenvalue weighted by Crippen LogP contribution is -2.30. The highest BCUT2D eigenvalue weighted by molar-refractivity contribution is 7.07. The average Bonchev–Trinajstić information content (AvgIpc) is 2.88. The minimum absolute atomic E-state index is 0.0437. The van der Waals surface area contributed by atoms with Gasteiger partial charge in [-0.2, -0.15) is 0 Å². The molecule has 1 atom stereocenters. The lowest BCUT2D eigenvalue weighted by atomic mass is 10.1.